The van der Waals surface area contributed by atoms with Crippen molar-refractivity contribution in [1.29, 1.82) is 0 Å². The maximum Gasteiger partial charge on any atom is 0.408 e. The molecule has 7 nitrogen and oxygen atoms in total. The van der Waals surface area contributed by atoms with Gasteiger partial charge in [-0.2, -0.15) is 0 Å². The average molecular weight is 284 g/mol. The molecule has 20 heavy (non-hydrogen) atoms. The number of amides is 2. The van der Waals surface area contributed by atoms with E-state index in [1.54, 1.807) is 20.8 Å². The minimum Gasteiger partial charge on any atom is -0.480 e. The van der Waals surface area contributed by atoms with E-state index in [1.165, 1.54) is 0 Å². The third kappa shape index (κ3) is 8.80. The zero-order valence-corrected chi connectivity index (χ0v) is 11.9. The summed E-state index contributed by atoms with van der Waals surface area (Å²) >= 11 is 0. The number of terminal acetylenes is 1. The van der Waals surface area contributed by atoms with Crippen molar-refractivity contribution in [1.82, 2.24) is 10.6 Å². The highest BCUT2D eigenvalue weighted by atomic mass is 16.6. The molecule has 1 atom stereocenters. The molecule has 0 saturated carbocycles. The van der Waals surface area contributed by atoms with E-state index in [4.69, 9.17) is 16.3 Å². The lowest BCUT2D eigenvalue weighted by Gasteiger charge is -2.21. The van der Waals surface area contributed by atoms with Crippen LogP contribution >= 0.6 is 0 Å². The van der Waals surface area contributed by atoms with Gasteiger partial charge in [-0.25, -0.2) is 9.59 Å². The van der Waals surface area contributed by atoms with E-state index in [0.29, 0.717) is 0 Å². The van der Waals surface area contributed by atoms with Crippen molar-refractivity contribution in [2.75, 3.05) is 6.54 Å². The van der Waals surface area contributed by atoms with Crippen molar-refractivity contribution in [2.45, 2.75) is 45.3 Å². The highest BCUT2D eigenvalue weighted by molar-refractivity contribution is 5.81. The molecule has 0 saturated heterocycles. The van der Waals surface area contributed by atoms with Gasteiger partial charge in [0.25, 0.3) is 0 Å². The first kappa shape index (κ1) is 17.8. The molecule has 0 aromatic carbocycles. The van der Waals surface area contributed by atoms with Crippen molar-refractivity contribution in [3.05, 3.63) is 0 Å². The summed E-state index contributed by atoms with van der Waals surface area (Å²) < 4.78 is 4.95. The molecule has 0 rings (SSSR count). The van der Waals surface area contributed by atoms with E-state index < -0.39 is 23.7 Å². The molecule has 0 aromatic rings. The SMILES string of the molecule is C#CCNC(=O)CC[C@H](NC(=O)OC(C)(C)C)C(=O)O. The molecule has 0 heterocycles. The van der Waals surface area contributed by atoms with Crippen LogP contribution in [0.15, 0.2) is 0 Å². The Morgan fingerprint density at radius 1 is 1.35 bits per heavy atom. The number of nitrogens with one attached hydrogen (secondary N) is 2. The van der Waals surface area contributed by atoms with Gasteiger partial charge in [-0.05, 0) is 27.2 Å². The summed E-state index contributed by atoms with van der Waals surface area (Å²) in [5.74, 6) is 0.619. The maximum atomic E-state index is 11.5. The number of carboxylic acids is 1. The first-order valence-electron chi connectivity index (χ1n) is 6.08. The highest BCUT2D eigenvalue weighted by Crippen LogP contribution is 2.07. The van der Waals surface area contributed by atoms with Crippen LogP contribution < -0.4 is 10.6 Å². The molecule has 7 heteroatoms. The smallest absolute Gasteiger partial charge is 0.408 e. The molecule has 112 valence electrons. The van der Waals surface area contributed by atoms with Crippen molar-refractivity contribution >= 4 is 18.0 Å². The predicted octanol–water partition coefficient (Wildman–Crippen LogP) is 0.494. The molecule has 0 bridgehead atoms. The number of carbonyl (C=O) groups is 3. The van der Waals surface area contributed by atoms with Crippen LogP contribution in [0, 0.1) is 12.3 Å². The topological polar surface area (TPSA) is 105 Å². The molecule has 0 unspecified atom stereocenters. The largest absolute Gasteiger partial charge is 0.480 e. The molecule has 0 spiro atoms. The standard InChI is InChI=1S/C13H20N2O5/c1-5-8-14-10(16)7-6-9(11(17)18)15-12(19)20-13(2,3)4/h1,9H,6-8H2,2-4H3,(H,14,16)(H,15,19)(H,17,18)/t9-/m0/s1. The van der Waals surface area contributed by atoms with Gasteiger partial charge in [0.2, 0.25) is 5.91 Å². The van der Waals surface area contributed by atoms with E-state index >= 15 is 0 Å². The normalized spacial score (nSPS) is 11.9. The third-order valence-corrected chi connectivity index (χ3v) is 2.04. The Morgan fingerprint density at radius 3 is 2.40 bits per heavy atom. The van der Waals surface area contributed by atoms with Gasteiger partial charge >= 0.3 is 12.1 Å². The average Bonchev–Trinajstić information content (AvgIpc) is 2.29. The second-order valence-corrected chi connectivity index (χ2v) is 5.06. The van der Waals surface area contributed by atoms with Gasteiger partial charge in [-0.1, -0.05) is 5.92 Å². The lowest BCUT2D eigenvalue weighted by molar-refractivity contribution is -0.139. The number of aliphatic carboxylic acids is 1. The highest BCUT2D eigenvalue weighted by Gasteiger charge is 2.24. The van der Waals surface area contributed by atoms with Crippen molar-refractivity contribution < 1.29 is 24.2 Å². The number of carbonyl (C=O) groups excluding carboxylic acids is 2. The van der Waals surface area contributed by atoms with E-state index in [-0.39, 0.29) is 25.3 Å². The second kappa shape index (κ2) is 8.04. The molecule has 0 aromatic heterocycles. The molecular formula is C13H20N2O5. The van der Waals surface area contributed by atoms with Crippen LogP contribution in [0.3, 0.4) is 0 Å². The van der Waals surface area contributed by atoms with Crippen LogP contribution in [0.4, 0.5) is 4.79 Å². The van der Waals surface area contributed by atoms with Crippen LogP contribution in [0.1, 0.15) is 33.6 Å². The van der Waals surface area contributed by atoms with Gasteiger partial charge in [0.1, 0.15) is 11.6 Å². The Balaban J connectivity index is 4.31. The van der Waals surface area contributed by atoms with Crippen LogP contribution in [0.5, 0.6) is 0 Å². The number of alkyl carbamates (subject to hydrolysis) is 1. The Labute approximate surface area is 118 Å². The number of carboxylic acid groups (broad SMARTS) is 1. The first-order chi connectivity index (χ1) is 9.15. The number of ether oxygens (including phenoxy) is 1. The number of hydrogen-bond donors (Lipinski definition) is 3. The van der Waals surface area contributed by atoms with Crippen LogP contribution in [0.2, 0.25) is 0 Å². The Bertz CT molecular complexity index is 406. The summed E-state index contributed by atoms with van der Waals surface area (Å²) in [6.45, 7) is 5.07. The maximum absolute atomic E-state index is 11.5. The summed E-state index contributed by atoms with van der Waals surface area (Å²) in [5.41, 5.74) is -0.725. The van der Waals surface area contributed by atoms with Gasteiger partial charge in [0.15, 0.2) is 0 Å². The Morgan fingerprint density at radius 2 is 1.95 bits per heavy atom. The fraction of sp³-hybridized carbons (Fsp3) is 0.615. The van der Waals surface area contributed by atoms with E-state index in [9.17, 15) is 14.4 Å². The minimum atomic E-state index is -1.24. The Kier molecular flexibility index (Phi) is 7.15. The zero-order valence-electron chi connectivity index (χ0n) is 11.9. The van der Waals surface area contributed by atoms with Gasteiger partial charge < -0.3 is 20.5 Å². The zero-order chi connectivity index (χ0) is 15.8. The van der Waals surface area contributed by atoms with E-state index in [1.807, 2.05) is 0 Å². The fourth-order valence-electron chi connectivity index (χ4n) is 1.22. The van der Waals surface area contributed by atoms with Gasteiger partial charge in [0.05, 0.1) is 6.54 Å². The van der Waals surface area contributed by atoms with Crippen molar-refractivity contribution in [3.63, 3.8) is 0 Å². The quantitative estimate of drug-likeness (QED) is 0.616. The molecule has 2 amide bonds. The summed E-state index contributed by atoms with van der Waals surface area (Å²) in [4.78, 5) is 33.8. The van der Waals surface area contributed by atoms with Gasteiger partial charge in [0, 0.05) is 6.42 Å². The monoisotopic (exact) mass is 284 g/mol. The summed E-state index contributed by atoms with van der Waals surface area (Å²) in [6.07, 6.45) is 4.02. The summed E-state index contributed by atoms with van der Waals surface area (Å²) in [5, 5.41) is 13.6. The molecule has 0 aliphatic carbocycles. The lowest BCUT2D eigenvalue weighted by atomic mass is 10.1. The number of hydrogen-bond acceptors (Lipinski definition) is 4. The minimum absolute atomic E-state index is 0.0506. The van der Waals surface area contributed by atoms with Crippen LogP contribution in [0.25, 0.3) is 0 Å². The number of rotatable bonds is 6. The third-order valence-electron chi connectivity index (χ3n) is 2.04. The van der Waals surface area contributed by atoms with Crippen LogP contribution in [-0.4, -0.2) is 41.3 Å². The molecule has 0 aliphatic heterocycles. The van der Waals surface area contributed by atoms with Crippen molar-refractivity contribution in [3.8, 4) is 12.3 Å². The predicted molar refractivity (Wildman–Crippen MR) is 71.9 cm³/mol. The first-order valence-corrected chi connectivity index (χ1v) is 6.08. The van der Waals surface area contributed by atoms with Gasteiger partial charge in [-0.3, -0.25) is 4.79 Å². The van der Waals surface area contributed by atoms with Gasteiger partial charge in [-0.15, -0.1) is 6.42 Å². The second-order valence-electron chi connectivity index (χ2n) is 5.06. The molecule has 0 radical (unpaired) electrons. The Hall–Kier alpha value is -2.23. The molecule has 0 aliphatic rings. The molecule has 0 fully saturated rings. The fourth-order valence-corrected chi connectivity index (χ4v) is 1.22. The van der Waals surface area contributed by atoms with E-state index in [2.05, 4.69) is 16.6 Å². The van der Waals surface area contributed by atoms with Crippen molar-refractivity contribution in [2.24, 2.45) is 0 Å². The van der Waals surface area contributed by atoms with Crippen LogP contribution in [-0.2, 0) is 14.3 Å². The summed E-state index contributed by atoms with van der Waals surface area (Å²) in [7, 11) is 0. The molecule has 3 N–H and O–H groups in total. The lowest BCUT2D eigenvalue weighted by Crippen LogP contribution is -2.44. The summed E-state index contributed by atoms with van der Waals surface area (Å²) in [6, 6.07) is -1.19. The molecular weight excluding hydrogens is 264 g/mol. The van der Waals surface area contributed by atoms with E-state index in [0.717, 1.165) is 0 Å².